The van der Waals surface area contributed by atoms with Gasteiger partial charge in [-0.1, -0.05) is 30.3 Å². The molecule has 0 aromatic heterocycles. The third kappa shape index (κ3) is 3.59. The Morgan fingerprint density at radius 3 is 2.40 bits per heavy atom. The largest absolute Gasteiger partial charge is 0.481 e. The summed E-state index contributed by atoms with van der Waals surface area (Å²) in [7, 11) is 0. The quantitative estimate of drug-likeness (QED) is 0.857. The summed E-state index contributed by atoms with van der Waals surface area (Å²) in [6, 6.07) is 10.4. The van der Waals surface area contributed by atoms with E-state index < -0.39 is 11.9 Å². The van der Waals surface area contributed by atoms with Crippen LogP contribution < -0.4 is 0 Å². The van der Waals surface area contributed by atoms with Crippen molar-refractivity contribution < 1.29 is 14.7 Å². The van der Waals surface area contributed by atoms with Crippen LogP contribution in [0, 0.1) is 11.8 Å². The van der Waals surface area contributed by atoms with Crippen LogP contribution in [0.1, 0.15) is 25.3 Å². The summed E-state index contributed by atoms with van der Waals surface area (Å²) in [5.41, 5.74) is 1.33. The first-order valence-corrected chi connectivity index (χ1v) is 7.13. The van der Waals surface area contributed by atoms with Gasteiger partial charge in [0.2, 0.25) is 5.91 Å². The summed E-state index contributed by atoms with van der Waals surface area (Å²) >= 11 is 0. The van der Waals surface area contributed by atoms with E-state index in [1.807, 2.05) is 18.2 Å². The topological polar surface area (TPSA) is 57.6 Å². The first-order chi connectivity index (χ1) is 9.58. The Hall–Kier alpha value is -1.84. The average Bonchev–Trinajstić information content (AvgIpc) is 2.47. The molecular formula is C16H21NO3. The van der Waals surface area contributed by atoms with Gasteiger partial charge in [0.15, 0.2) is 0 Å². The van der Waals surface area contributed by atoms with Crippen molar-refractivity contribution in [2.45, 2.75) is 26.2 Å². The van der Waals surface area contributed by atoms with Crippen LogP contribution in [0.25, 0.3) is 0 Å². The molecule has 0 aliphatic carbocycles. The number of carboxylic acid groups (broad SMARTS) is 1. The van der Waals surface area contributed by atoms with E-state index in [2.05, 4.69) is 12.1 Å². The fourth-order valence-corrected chi connectivity index (χ4v) is 2.68. The van der Waals surface area contributed by atoms with Gasteiger partial charge in [-0.3, -0.25) is 9.59 Å². The summed E-state index contributed by atoms with van der Waals surface area (Å²) in [5.74, 6) is -1.64. The summed E-state index contributed by atoms with van der Waals surface area (Å²) in [4.78, 5) is 24.5. The maximum absolute atomic E-state index is 11.9. The van der Waals surface area contributed by atoms with Crippen molar-refractivity contribution in [3.05, 3.63) is 35.9 Å². The molecule has 0 spiro atoms. The molecular weight excluding hydrogens is 254 g/mol. The Bertz CT molecular complexity index is 464. The smallest absolute Gasteiger partial charge is 0.315 e. The molecule has 4 nitrogen and oxygen atoms in total. The zero-order valence-corrected chi connectivity index (χ0v) is 11.8. The van der Waals surface area contributed by atoms with Crippen LogP contribution in [0.5, 0.6) is 0 Å². The number of benzene rings is 1. The third-order valence-corrected chi connectivity index (χ3v) is 4.03. The molecule has 1 saturated heterocycles. The monoisotopic (exact) mass is 275 g/mol. The van der Waals surface area contributed by atoms with Gasteiger partial charge in [0.05, 0.1) is 0 Å². The molecule has 0 bridgehead atoms. The normalized spacial score (nSPS) is 17.8. The SMILES string of the molecule is CC(C(=O)O)C(=O)N1CCC(Cc2ccccc2)CC1. The Kier molecular flexibility index (Phi) is 4.77. The van der Waals surface area contributed by atoms with Crippen molar-refractivity contribution in [2.24, 2.45) is 11.8 Å². The Balaban J connectivity index is 1.83. The first-order valence-electron chi connectivity index (χ1n) is 7.13. The van der Waals surface area contributed by atoms with E-state index in [0.717, 1.165) is 19.3 Å². The van der Waals surface area contributed by atoms with E-state index in [1.54, 1.807) is 4.90 Å². The summed E-state index contributed by atoms with van der Waals surface area (Å²) in [6.45, 7) is 2.81. The molecule has 0 radical (unpaired) electrons. The number of carboxylic acids is 1. The zero-order chi connectivity index (χ0) is 14.5. The van der Waals surface area contributed by atoms with Gasteiger partial charge < -0.3 is 10.0 Å². The highest BCUT2D eigenvalue weighted by Crippen LogP contribution is 2.22. The number of carbonyl (C=O) groups is 2. The van der Waals surface area contributed by atoms with Gasteiger partial charge in [-0.25, -0.2) is 0 Å². The lowest BCUT2D eigenvalue weighted by atomic mass is 9.90. The van der Waals surface area contributed by atoms with Crippen LogP contribution in [0.3, 0.4) is 0 Å². The highest BCUT2D eigenvalue weighted by atomic mass is 16.4. The molecule has 1 amide bonds. The molecule has 2 rings (SSSR count). The molecule has 108 valence electrons. The molecule has 1 aromatic rings. The van der Waals surface area contributed by atoms with Crippen LogP contribution in [0.4, 0.5) is 0 Å². The number of hydrogen-bond acceptors (Lipinski definition) is 2. The molecule has 1 unspecified atom stereocenters. The van der Waals surface area contributed by atoms with Gasteiger partial charge >= 0.3 is 5.97 Å². The van der Waals surface area contributed by atoms with Crippen molar-refractivity contribution in [1.29, 1.82) is 0 Å². The summed E-state index contributed by atoms with van der Waals surface area (Å²) in [5, 5.41) is 8.88. The van der Waals surface area contributed by atoms with Gasteiger partial charge in [0.25, 0.3) is 0 Å². The summed E-state index contributed by atoms with van der Waals surface area (Å²) in [6.07, 6.45) is 2.94. The second-order valence-corrected chi connectivity index (χ2v) is 5.52. The molecule has 1 fully saturated rings. The first kappa shape index (κ1) is 14.6. The maximum Gasteiger partial charge on any atom is 0.315 e. The maximum atomic E-state index is 11.9. The van der Waals surface area contributed by atoms with E-state index in [-0.39, 0.29) is 5.91 Å². The van der Waals surface area contributed by atoms with Crippen LogP contribution in [-0.4, -0.2) is 35.0 Å². The number of piperidine rings is 1. The van der Waals surface area contributed by atoms with E-state index in [1.165, 1.54) is 12.5 Å². The molecule has 0 saturated carbocycles. The van der Waals surface area contributed by atoms with Gasteiger partial charge in [0, 0.05) is 13.1 Å². The minimum absolute atomic E-state index is 0.254. The lowest BCUT2D eigenvalue weighted by Gasteiger charge is -2.33. The van der Waals surface area contributed by atoms with E-state index >= 15 is 0 Å². The number of amides is 1. The van der Waals surface area contributed by atoms with Gasteiger partial charge in [0.1, 0.15) is 5.92 Å². The van der Waals surface area contributed by atoms with Crippen molar-refractivity contribution in [1.82, 2.24) is 4.90 Å². The van der Waals surface area contributed by atoms with Crippen molar-refractivity contribution in [3.8, 4) is 0 Å². The number of nitrogens with zero attached hydrogens (tertiary/aromatic N) is 1. The standard InChI is InChI=1S/C16H21NO3/c1-12(16(19)20)15(18)17-9-7-14(8-10-17)11-13-5-3-2-4-6-13/h2-6,12,14H,7-11H2,1H3,(H,19,20). The fourth-order valence-electron chi connectivity index (χ4n) is 2.68. The predicted molar refractivity (Wildman–Crippen MR) is 76.2 cm³/mol. The number of rotatable bonds is 4. The number of likely N-dealkylation sites (tertiary alicyclic amines) is 1. The number of hydrogen-bond donors (Lipinski definition) is 1. The molecule has 1 aliphatic heterocycles. The molecule has 1 heterocycles. The Morgan fingerprint density at radius 2 is 1.85 bits per heavy atom. The minimum atomic E-state index is -1.04. The van der Waals surface area contributed by atoms with Crippen molar-refractivity contribution in [2.75, 3.05) is 13.1 Å². The highest BCUT2D eigenvalue weighted by Gasteiger charge is 2.29. The van der Waals surface area contributed by atoms with E-state index in [0.29, 0.717) is 19.0 Å². The lowest BCUT2D eigenvalue weighted by molar-refractivity contribution is -0.150. The Morgan fingerprint density at radius 1 is 1.25 bits per heavy atom. The average molecular weight is 275 g/mol. The highest BCUT2D eigenvalue weighted by molar-refractivity contribution is 5.96. The Labute approximate surface area is 119 Å². The number of carbonyl (C=O) groups excluding carboxylic acids is 1. The second kappa shape index (κ2) is 6.55. The van der Waals surface area contributed by atoms with Crippen molar-refractivity contribution in [3.63, 3.8) is 0 Å². The molecule has 1 aliphatic rings. The van der Waals surface area contributed by atoms with Crippen LogP contribution in [0.15, 0.2) is 30.3 Å². The van der Waals surface area contributed by atoms with Gasteiger partial charge in [-0.15, -0.1) is 0 Å². The predicted octanol–water partition coefficient (Wildman–Crippen LogP) is 2.19. The summed E-state index contributed by atoms with van der Waals surface area (Å²) < 4.78 is 0. The molecule has 1 atom stereocenters. The molecule has 1 aromatic carbocycles. The third-order valence-electron chi connectivity index (χ3n) is 4.03. The molecule has 4 heteroatoms. The zero-order valence-electron chi connectivity index (χ0n) is 11.8. The van der Waals surface area contributed by atoms with Crippen LogP contribution in [-0.2, 0) is 16.0 Å². The molecule has 1 N–H and O–H groups in total. The van der Waals surface area contributed by atoms with Crippen molar-refractivity contribution >= 4 is 11.9 Å². The van der Waals surface area contributed by atoms with Crippen LogP contribution in [0.2, 0.25) is 0 Å². The minimum Gasteiger partial charge on any atom is -0.481 e. The number of aliphatic carboxylic acids is 1. The molecule has 20 heavy (non-hydrogen) atoms. The van der Waals surface area contributed by atoms with E-state index in [9.17, 15) is 9.59 Å². The van der Waals surface area contributed by atoms with Crippen LogP contribution >= 0.6 is 0 Å². The lowest BCUT2D eigenvalue weighted by Crippen LogP contribution is -2.43. The fraction of sp³-hybridized carbons (Fsp3) is 0.500. The second-order valence-electron chi connectivity index (χ2n) is 5.52. The van der Waals surface area contributed by atoms with Gasteiger partial charge in [-0.05, 0) is 37.7 Å². The van der Waals surface area contributed by atoms with Gasteiger partial charge in [-0.2, -0.15) is 0 Å². The van der Waals surface area contributed by atoms with E-state index in [4.69, 9.17) is 5.11 Å².